The molecule has 2 atom stereocenters. The Morgan fingerprint density at radius 2 is 2.25 bits per heavy atom. The van der Waals surface area contributed by atoms with Gasteiger partial charge in [-0.25, -0.2) is 0 Å². The van der Waals surface area contributed by atoms with Gasteiger partial charge >= 0.3 is 0 Å². The van der Waals surface area contributed by atoms with Crippen molar-refractivity contribution in [2.75, 3.05) is 13.1 Å². The molecule has 112 valence electrons. The fourth-order valence-electron chi connectivity index (χ4n) is 2.78. The molecule has 1 N–H and O–H groups in total. The van der Waals surface area contributed by atoms with Gasteiger partial charge in [0.25, 0.3) is 5.91 Å². The zero-order chi connectivity index (χ0) is 14.7. The van der Waals surface area contributed by atoms with E-state index in [1.165, 1.54) is 10.4 Å². The zero-order valence-electron chi connectivity index (χ0n) is 12.7. The van der Waals surface area contributed by atoms with E-state index in [1.807, 2.05) is 11.8 Å². The van der Waals surface area contributed by atoms with Crippen molar-refractivity contribution in [3.63, 3.8) is 0 Å². The fraction of sp³-hybridized carbons (Fsp3) is 0.688. The first-order valence-electron chi connectivity index (χ1n) is 7.65. The molecule has 0 aliphatic carbocycles. The quantitative estimate of drug-likeness (QED) is 0.927. The van der Waals surface area contributed by atoms with Crippen LogP contribution in [-0.2, 0) is 12.8 Å². The zero-order valence-corrected chi connectivity index (χ0v) is 13.5. The molecule has 0 aromatic carbocycles. The van der Waals surface area contributed by atoms with Crippen LogP contribution >= 0.6 is 11.3 Å². The molecule has 2 unspecified atom stereocenters. The number of aliphatic hydroxyl groups excluding tert-OH is 1. The van der Waals surface area contributed by atoms with Crippen molar-refractivity contribution >= 4 is 17.2 Å². The highest BCUT2D eigenvalue weighted by atomic mass is 32.1. The number of carbonyl (C=O) groups is 1. The van der Waals surface area contributed by atoms with Crippen LogP contribution in [0.2, 0.25) is 0 Å². The van der Waals surface area contributed by atoms with Gasteiger partial charge in [-0.1, -0.05) is 27.2 Å². The Kier molecular flexibility index (Phi) is 5.22. The number of carbonyl (C=O) groups excluding carboxylic acids is 1. The number of aryl methyl sites for hydroxylation is 2. The van der Waals surface area contributed by atoms with Gasteiger partial charge in [-0.2, -0.15) is 0 Å². The second-order valence-electron chi connectivity index (χ2n) is 5.75. The van der Waals surface area contributed by atoms with Crippen LogP contribution in [0.1, 0.15) is 53.7 Å². The smallest absolute Gasteiger partial charge is 0.263 e. The van der Waals surface area contributed by atoms with E-state index < -0.39 is 0 Å². The molecule has 20 heavy (non-hydrogen) atoms. The van der Waals surface area contributed by atoms with E-state index in [0.29, 0.717) is 19.5 Å². The van der Waals surface area contributed by atoms with Gasteiger partial charge in [-0.15, -0.1) is 11.3 Å². The molecule has 0 bridgehead atoms. The molecule has 2 rings (SSSR count). The Morgan fingerprint density at radius 1 is 1.50 bits per heavy atom. The standard InChI is InChI=1S/C16H25NO2S/c1-4-6-14-12(5-2)9-15(20-14)16(19)17-8-7-13(18)11(3)10-17/h9,11,13,18H,4-8,10H2,1-3H3. The van der Waals surface area contributed by atoms with E-state index in [4.69, 9.17) is 0 Å². The second-order valence-corrected chi connectivity index (χ2v) is 6.88. The summed E-state index contributed by atoms with van der Waals surface area (Å²) in [6.07, 6.45) is 3.61. The number of hydrogen-bond acceptors (Lipinski definition) is 3. The minimum absolute atomic E-state index is 0.144. The summed E-state index contributed by atoms with van der Waals surface area (Å²) in [4.78, 5) is 16.7. The Hall–Kier alpha value is -0.870. The van der Waals surface area contributed by atoms with E-state index in [9.17, 15) is 9.90 Å². The lowest BCUT2D eigenvalue weighted by Gasteiger charge is -2.34. The van der Waals surface area contributed by atoms with Crippen molar-refractivity contribution < 1.29 is 9.90 Å². The van der Waals surface area contributed by atoms with Crippen LogP contribution in [0.5, 0.6) is 0 Å². The molecule has 1 aliphatic rings. The van der Waals surface area contributed by atoms with Crippen molar-refractivity contribution in [2.24, 2.45) is 5.92 Å². The van der Waals surface area contributed by atoms with E-state index >= 15 is 0 Å². The summed E-state index contributed by atoms with van der Waals surface area (Å²) in [6, 6.07) is 2.08. The van der Waals surface area contributed by atoms with Gasteiger partial charge in [-0.3, -0.25) is 4.79 Å². The summed E-state index contributed by atoms with van der Waals surface area (Å²) < 4.78 is 0. The average Bonchev–Trinajstić information content (AvgIpc) is 2.84. The average molecular weight is 295 g/mol. The highest BCUT2D eigenvalue weighted by Crippen LogP contribution is 2.27. The Bertz CT molecular complexity index is 469. The maximum absolute atomic E-state index is 12.6. The van der Waals surface area contributed by atoms with Gasteiger partial charge in [0.05, 0.1) is 11.0 Å². The van der Waals surface area contributed by atoms with Crippen LogP contribution in [0, 0.1) is 5.92 Å². The number of thiophene rings is 1. The maximum Gasteiger partial charge on any atom is 0.263 e. The highest BCUT2D eigenvalue weighted by Gasteiger charge is 2.28. The minimum atomic E-state index is -0.260. The van der Waals surface area contributed by atoms with Gasteiger partial charge < -0.3 is 10.0 Å². The minimum Gasteiger partial charge on any atom is -0.393 e. The number of nitrogens with zero attached hydrogens (tertiary/aromatic N) is 1. The van der Waals surface area contributed by atoms with Crippen molar-refractivity contribution in [1.29, 1.82) is 0 Å². The van der Waals surface area contributed by atoms with Gasteiger partial charge in [0.2, 0.25) is 0 Å². The van der Waals surface area contributed by atoms with Crippen molar-refractivity contribution in [3.05, 3.63) is 21.4 Å². The van der Waals surface area contributed by atoms with E-state index in [2.05, 4.69) is 19.9 Å². The molecule has 0 saturated carbocycles. The fourth-order valence-corrected chi connectivity index (χ4v) is 4.11. The molecule has 3 nitrogen and oxygen atoms in total. The topological polar surface area (TPSA) is 40.5 Å². The van der Waals surface area contributed by atoms with Gasteiger partial charge in [0, 0.05) is 18.0 Å². The van der Waals surface area contributed by atoms with Crippen LogP contribution in [0.25, 0.3) is 0 Å². The molecular weight excluding hydrogens is 270 g/mol. The molecule has 1 saturated heterocycles. The maximum atomic E-state index is 12.6. The molecule has 1 fully saturated rings. The van der Waals surface area contributed by atoms with Gasteiger partial charge in [-0.05, 0) is 36.8 Å². The SMILES string of the molecule is CCCc1sc(C(=O)N2CCC(O)C(C)C2)cc1CC. The van der Waals surface area contributed by atoms with Crippen molar-refractivity contribution in [3.8, 4) is 0 Å². The summed E-state index contributed by atoms with van der Waals surface area (Å²) in [5.74, 6) is 0.319. The Balaban J connectivity index is 2.12. The van der Waals surface area contributed by atoms with Crippen molar-refractivity contribution in [1.82, 2.24) is 4.90 Å². The first kappa shape index (κ1) is 15.5. The third kappa shape index (κ3) is 3.23. The third-order valence-electron chi connectivity index (χ3n) is 4.11. The molecule has 2 heterocycles. The Labute approximate surface area is 125 Å². The molecule has 1 aromatic rings. The number of likely N-dealkylation sites (tertiary alicyclic amines) is 1. The normalized spacial score (nSPS) is 23.1. The summed E-state index contributed by atoms with van der Waals surface area (Å²) in [7, 11) is 0. The van der Waals surface area contributed by atoms with E-state index in [1.54, 1.807) is 11.3 Å². The summed E-state index contributed by atoms with van der Waals surface area (Å²) in [6.45, 7) is 7.68. The molecule has 1 aromatic heterocycles. The predicted molar refractivity (Wildman–Crippen MR) is 83.4 cm³/mol. The lowest BCUT2D eigenvalue weighted by atomic mass is 9.96. The molecular formula is C16H25NO2S. The first-order valence-corrected chi connectivity index (χ1v) is 8.47. The lowest BCUT2D eigenvalue weighted by molar-refractivity contribution is 0.0300. The predicted octanol–water partition coefficient (Wildman–Crippen LogP) is 3.11. The highest BCUT2D eigenvalue weighted by molar-refractivity contribution is 7.14. The lowest BCUT2D eigenvalue weighted by Crippen LogP contribution is -2.44. The second kappa shape index (κ2) is 6.72. The largest absolute Gasteiger partial charge is 0.393 e. The first-order chi connectivity index (χ1) is 9.56. The van der Waals surface area contributed by atoms with Gasteiger partial charge in [0.1, 0.15) is 0 Å². The molecule has 0 radical (unpaired) electrons. The molecule has 0 spiro atoms. The number of amides is 1. The number of piperidine rings is 1. The molecule has 1 aliphatic heterocycles. The van der Waals surface area contributed by atoms with Crippen LogP contribution in [0.15, 0.2) is 6.07 Å². The molecule has 4 heteroatoms. The van der Waals surface area contributed by atoms with Crippen LogP contribution in [0.4, 0.5) is 0 Å². The summed E-state index contributed by atoms with van der Waals surface area (Å²) in [5, 5.41) is 9.77. The number of rotatable bonds is 4. The van der Waals surface area contributed by atoms with Crippen molar-refractivity contribution in [2.45, 2.75) is 52.6 Å². The van der Waals surface area contributed by atoms with Crippen LogP contribution < -0.4 is 0 Å². The van der Waals surface area contributed by atoms with E-state index in [0.717, 1.165) is 24.1 Å². The number of hydrogen-bond donors (Lipinski definition) is 1. The Morgan fingerprint density at radius 3 is 2.85 bits per heavy atom. The van der Waals surface area contributed by atoms with Crippen LogP contribution in [0.3, 0.4) is 0 Å². The third-order valence-corrected chi connectivity index (χ3v) is 5.34. The summed E-state index contributed by atoms with van der Waals surface area (Å²) in [5.41, 5.74) is 1.32. The van der Waals surface area contributed by atoms with Gasteiger partial charge in [0.15, 0.2) is 0 Å². The monoisotopic (exact) mass is 295 g/mol. The van der Waals surface area contributed by atoms with Crippen LogP contribution in [-0.4, -0.2) is 35.1 Å². The number of aliphatic hydroxyl groups is 1. The molecule has 1 amide bonds. The summed E-state index contributed by atoms with van der Waals surface area (Å²) >= 11 is 1.66. The van der Waals surface area contributed by atoms with E-state index in [-0.39, 0.29) is 17.9 Å².